The van der Waals surface area contributed by atoms with E-state index >= 15 is 0 Å². The molecule has 76 valence electrons. The molecule has 0 saturated carbocycles. The molecule has 0 heterocycles. The van der Waals surface area contributed by atoms with Crippen LogP contribution in [0, 0.1) is 5.92 Å². The summed E-state index contributed by atoms with van der Waals surface area (Å²) in [5, 5.41) is 0. The molecule has 0 aromatic heterocycles. The highest BCUT2D eigenvalue weighted by Gasteiger charge is 2.15. The lowest BCUT2D eigenvalue weighted by molar-refractivity contribution is -0.121. The highest BCUT2D eigenvalue weighted by molar-refractivity contribution is 5.85. The zero-order valence-corrected chi connectivity index (χ0v) is 8.73. The van der Waals surface area contributed by atoms with Crippen LogP contribution in [0.15, 0.2) is 30.3 Å². The number of hydrogen-bond acceptors (Lipinski definition) is 2. The van der Waals surface area contributed by atoms with Crippen molar-refractivity contribution in [3.8, 4) is 0 Å². The van der Waals surface area contributed by atoms with Crippen molar-refractivity contribution in [3.63, 3.8) is 0 Å². The van der Waals surface area contributed by atoms with Crippen molar-refractivity contribution in [1.82, 2.24) is 0 Å². The van der Waals surface area contributed by atoms with Gasteiger partial charge in [-0.15, -0.1) is 0 Å². The van der Waals surface area contributed by atoms with Gasteiger partial charge in [0.1, 0.15) is 0 Å². The lowest BCUT2D eigenvalue weighted by Crippen LogP contribution is -2.22. The van der Waals surface area contributed by atoms with Gasteiger partial charge < -0.3 is 5.73 Å². The summed E-state index contributed by atoms with van der Waals surface area (Å²) in [6, 6.07) is 9.04. The van der Waals surface area contributed by atoms with Gasteiger partial charge in [0.05, 0.1) is 6.04 Å². The van der Waals surface area contributed by atoms with E-state index in [-0.39, 0.29) is 5.78 Å². The fourth-order valence-electron chi connectivity index (χ4n) is 1.38. The van der Waals surface area contributed by atoms with Crippen LogP contribution in [0.5, 0.6) is 0 Å². The first-order valence-electron chi connectivity index (χ1n) is 4.94. The molecule has 2 N–H and O–H groups in total. The smallest absolute Gasteiger partial charge is 0.154 e. The fourth-order valence-corrected chi connectivity index (χ4v) is 1.38. The first kappa shape index (κ1) is 10.9. The van der Waals surface area contributed by atoms with Gasteiger partial charge in [-0.05, 0) is 11.5 Å². The third-order valence-electron chi connectivity index (χ3n) is 2.12. The third-order valence-corrected chi connectivity index (χ3v) is 2.12. The summed E-state index contributed by atoms with van der Waals surface area (Å²) in [6.07, 6.45) is 0.552. The minimum atomic E-state index is -0.460. The minimum absolute atomic E-state index is 0.117. The molecule has 0 aliphatic carbocycles. The fraction of sp³-hybridized carbons (Fsp3) is 0.417. The van der Waals surface area contributed by atoms with Gasteiger partial charge in [-0.25, -0.2) is 0 Å². The zero-order chi connectivity index (χ0) is 10.6. The summed E-state index contributed by atoms with van der Waals surface area (Å²) >= 11 is 0. The Bertz CT molecular complexity index is 292. The summed E-state index contributed by atoms with van der Waals surface area (Å²) in [5.41, 5.74) is 6.74. The molecule has 0 fully saturated rings. The molecule has 1 unspecified atom stereocenters. The standard InChI is InChI=1S/C12H17NO/c1-9(2)8-11(14)12(13)10-6-4-3-5-7-10/h3-7,9,12H,8,13H2,1-2H3. The molecular formula is C12H17NO. The van der Waals surface area contributed by atoms with E-state index in [1.165, 1.54) is 0 Å². The molecule has 0 saturated heterocycles. The predicted molar refractivity (Wildman–Crippen MR) is 57.8 cm³/mol. The van der Waals surface area contributed by atoms with Crippen LogP contribution in [0.4, 0.5) is 0 Å². The normalized spacial score (nSPS) is 12.9. The number of carbonyl (C=O) groups excluding carboxylic acids is 1. The zero-order valence-electron chi connectivity index (χ0n) is 8.73. The van der Waals surface area contributed by atoms with Crippen molar-refractivity contribution in [2.24, 2.45) is 11.7 Å². The van der Waals surface area contributed by atoms with E-state index in [4.69, 9.17) is 5.73 Å². The molecule has 0 aliphatic heterocycles. The Morgan fingerprint density at radius 1 is 1.29 bits per heavy atom. The lowest BCUT2D eigenvalue weighted by atomic mass is 9.97. The molecule has 0 aliphatic rings. The Hall–Kier alpha value is -1.15. The number of carbonyl (C=O) groups is 1. The van der Waals surface area contributed by atoms with Crippen LogP contribution in [0.25, 0.3) is 0 Å². The Morgan fingerprint density at radius 2 is 1.86 bits per heavy atom. The quantitative estimate of drug-likeness (QED) is 0.793. The highest BCUT2D eigenvalue weighted by atomic mass is 16.1. The van der Waals surface area contributed by atoms with Gasteiger partial charge in [0, 0.05) is 6.42 Å². The van der Waals surface area contributed by atoms with E-state index < -0.39 is 6.04 Å². The van der Waals surface area contributed by atoms with Crippen LogP contribution in [0.1, 0.15) is 31.9 Å². The van der Waals surface area contributed by atoms with Crippen LogP contribution in [0.3, 0.4) is 0 Å². The van der Waals surface area contributed by atoms with Crippen molar-refractivity contribution in [2.45, 2.75) is 26.3 Å². The van der Waals surface area contributed by atoms with Gasteiger partial charge in [0.25, 0.3) is 0 Å². The SMILES string of the molecule is CC(C)CC(=O)C(N)c1ccccc1. The van der Waals surface area contributed by atoms with Crippen LogP contribution >= 0.6 is 0 Å². The van der Waals surface area contributed by atoms with Gasteiger partial charge >= 0.3 is 0 Å². The molecule has 14 heavy (non-hydrogen) atoms. The molecule has 1 aromatic carbocycles. The van der Waals surface area contributed by atoms with Crippen LogP contribution in [-0.4, -0.2) is 5.78 Å². The van der Waals surface area contributed by atoms with E-state index in [1.54, 1.807) is 0 Å². The van der Waals surface area contributed by atoms with Crippen LogP contribution in [-0.2, 0) is 4.79 Å². The van der Waals surface area contributed by atoms with Gasteiger partial charge in [0.15, 0.2) is 5.78 Å². The van der Waals surface area contributed by atoms with Crippen molar-refractivity contribution in [1.29, 1.82) is 0 Å². The maximum Gasteiger partial charge on any atom is 0.154 e. The first-order valence-corrected chi connectivity index (χ1v) is 4.94. The maximum absolute atomic E-state index is 11.6. The highest BCUT2D eigenvalue weighted by Crippen LogP contribution is 2.14. The Morgan fingerprint density at radius 3 is 2.36 bits per heavy atom. The second-order valence-corrected chi connectivity index (χ2v) is 3.95. The van der Waals surface area contributed by atoms with Crippen molar-refractivity contribution >= 4 is 5.78 Å². The number of nitrogens with two attached hydrogens (primary N) is 1. The van der Waals surface area contributed by atoms with E-state index in [0.29, 0.717) is 12.3 Å². The van der Waals surface area contributed by atoms with Gasteiger partial charge in [-0.3, -0.25) is 4.79 Å². The number of ketones is 1. The molecule has 0 amide bonds. The molecule has 2 heteroatoms. The van der Waals surface area contributed by atoms with Crippen molar-refractivity contribution < 1.29 is 4.79 Å². The summed E-state index contributed by atoms with van der Waals surface area (Å²) < 4.78 is 0. The van der Waals surface area contributed by atoms with E-state index in [2.05, 4.69) is 0 Å². The predicted octanol–water partition coefficient (Wildman–Crippen LogP) is 2.30. The summed E-state index contributed by atoms with van der Waals surface area (Å²) in [4.78, 5) is 11.6. The van der Waals surface area contributed by atoms with Crippen LogP contribution in [0.2, 0.25) is 0 Å². The van der Waals surface area contributed by atoms with Crippen molar-refractivity contribution in [3.05, 3.63) is 35.9 Å². The Labute approximate surface area is 85.1 Å². The van der Waals surface area contributed by atoms with Gasteiger partial charge in [0.2, 0.25) is 0 Å². The van der Waals surface area contributed by atoms with Crippen LogP contribution < -0.4 is 5.73 Å². The number of hydrogen-bond donors (Lipinski definition) is 1. The lowest BCUT2D eigenvalue weighted by Gasteiger charge is -2.12. The molecule has 0 bridgehead atoms. The molecule has 0 radical (unpaired) electrons. The molecule has 2 nitrogen and oxygen atoms in total. The number of Topliss-reactive ketones (excluding diaryl/α,β-unsaturated/α-hetero) is 1. The Kier molecular flexibility index (Phi) is 3.84. The molecule has 1 aromatic rings. The molecule has 0 spiro atoms. The van der Waals surface area contributed by atoms with Gasteiger partial charge in [-0.2, -0.15) is 0 Å². The second kappa shape index (κ2) is 4.91. The molecular weight excluding hydrogens is 174 g/mol. The third kappa shape index (κ3) is 2.96. The Balaban J connectivity index is 2.66. The molecule has 1 atom stereocenters. The maximum atomic E-state index is 11.6. The van der Waals surface area contributed by atoms with E-state index in [0.717, 1.165) is 5.56 Å². The minimum Gasteiger partial charge on any atom is -0.318 e. The number of benzene rings is 1. The number of rotatable bonds is 4. The first-order chi connectivity index (χ1) is 6.61. The monoisotopic (exact) mass is 191 g/mol. The molecule has 1 rings (SSSR count). The van der Waals surface area contributed by atoms with Gasteiger partial charge in [-0.1, -0.05) is 44.2 Å². The van der Waals surface area contributed by atoms with E-state index in [9.17, 15) is 4.79 Å². The summed E-state index contributed by atoms with van der Waals surface area (Å²) in [5.74, 6) is 0.489. The average Bonchev–Trinajstić information content (AvgIpc) is 2.17. The van der Waals surface area contributed by atoms with Crippen molar-refractivity contribution in [2.75, 3.05) is 0 Å². The summed E-state index contributed by atoms with van der Waals surface area (Å²) in [7, 11) is 0. The summed E-state index contributed by atoms with van der Waals surface area (Å²) in [6.45, 7) is 4.05. The van der Waals surface area contributed by atoms with E-state index in [1.807, 2.05) is 44.2 Å². The largest absolute Gasteiger partial charge is 0.318 e. The average molecular weight is 191 g/mol. The second-order valence-electron chi connectivity index (χ2n) is 3.95. The topological polar surface area (TPSA) is 43.1 Å².